The van der Waals surface area contributed by atoms with Gasteiger partial charge in [-0.3, -0.25) is 9.69 Å². The highest BCUT2D eigenvalue weighted by atomic mass is 16.5. The molecule has 132 valence electrons. The molecular formula is C20H30N2O2. The minimum atomic E-state index is 0.199. The quantitative estimate of drug-likeness (QED) is 0.744. The maximum atomic E-state index is 12.1. The molecule has 1 saturated carbocycles. The molecule has 1 aromatic carbocycles. The summed E-state index contributed by atoms with van der Waals surface area (Å²) in [5.74, 6) is 1.16. The van der Waals surface area contributed by atoms with Crippen LogP contribution in [0.15, 0.2) is 18.2 Å². The average Bonchev–Trinajstić information content (AvgIpc) is 3.30. The van der Waals surface area contributed by atoms with E-state index in [2.05, 4.69) is 42.3 Å². The Morgan fingerprint density at radius 3 is 2.88 bits per heavy atom. The second kappa shape index (κ2) is 8.02. The van der Waals surface area contributed by atoms with Gasteiger partial charge in [-0.15, -0.1) is 0 Å². The third-order valence-corrected chi connectivity index (χ3v) is 5.05. The molecule has 1 amide bonds. The first-order valence-corrected chi connectivity index (χ1v) is 9.35. The molecule has 1 N–H and O–H groups in total. The maximum absolute atomic E-state index is 12.1. The topological polar surface area (TPSA) is 41.6 Å². The fourth-order valence-corrected chi connectivity index (χ4v) is 3.41. The third-order valence-electron chi connectivity index (χ3n) is 5.05. The van der Waals surface area contributed by atoms with E-state index >= 15 is 0 Å². The molecule has 2 fully saturated rings. The van der Waals surface area contributed by atoms with Gasteiger partial charge in [-0.1, -0.05) is 12.1 Å². The van der Waals surface area contributed by atoms with Crippen LogP contribution in [0.25, 0.3) is 0 Å². The van der Waals surface area contributed by atoms with Gasteiger partial charge in [-0.05, 0) is 63.1 Å². The van der Waals surface area contributed by atoms with Gasteiger partial charge in [0.1, 0.15) is 5.75 Å². The number of amides is 1. The first-order chi connectivity index (χ1) is 11.6. The number of carbonyl (C=O) groups excluding carboxylic acids is 1. The highest BCUT2D eigenvalue weighted by Gasteiger charge is 2.34. The first-order valence-electron chi connectivity index (χ1n) is 9.35. The van der Waals surface area contributed by atoms with Crippen LogP contribution in [0.3, 0.4) is 0 Å². The summed E-state index contributed by atoms with van der Waals surface area (Å²) in [5, 5.41) is 3.20. The predicted molar refractivity (Wildman–Crippen MR) is 96.4 cm³/mol. The van der Waals surface area contributed by atoms with Crippen molar-refractivity contribution in [3.8, 4) is 5.75 Å². The van der Waals surface area contributed by atoms with Crippen LogP contribution in [0.1, 0.15) is 49.7 Å². The van der Waals surface area contributed by atoms with E-state index in [1.807, 2.05) is 0 Å². The standard InChI is InChI=1S/C20H30N2O2/c1-15-6-7-16(2)19(13-15)24-12-4-3-5-20(23)21-17-10-11-22(14-17)18-8-9-18/h6-7,13,17-18H,3-5,8-12,14H2,1-2H3,(H,21,23)/t17-/m1/s1. The minimum absolute atomic E-state index is 0.199. The Labute approximate surface area is 145 Å². The summed E-state index contributed by atoms with van der Waals surface area (Å²) >= 11 is 0. The van der Waals surface area contributed by atoms with Crippen LogP contribution in [0.5, 0.6) is 5.75 Å². The van der Waals surface area contributed by atoms with Crippen LogP contribution in [-0.4, -0.2) is 42.6 Å². The number of hydrogen-bond donors (Lipinski definition) is 1. The molecule has 1 aromatic rings. The number of nitrogens with zero attached hydrogens (tertiary/aromatic N) is 1. The highest BCUT2D eigenvalue weighted by molar-refractivity contribution is 5.76. The predicted octanol–water partition coefficient (Wildman–Crippen LogP) is 3.21. The van der Waals surface area contributed by atoms with Crippen molar-refractivity contribution in [1.29, 1.82) is 0 Å². The Kier molecular flexibility index (Phi) is 5.77. The molecule has 1 saturated heterocycles. The molecular weight excluding hydrogens is 300 g/mol. The second-order valence-electron chi connectivity index (χ2n) is 7.35. The molecule has 0 unspecified atom stereocenters. The van der Waals surface area contributed by atoms with E-state index < -0.39 is 0 Å². The van der Waals surface area contributed by atoms with E-state index in [4.69, 9.17) is 4.74 Å². The fraction of sp³-hybridized carbons (Fsp3) is 0.650. The Bertz CT molecular complexity index is 569. The zero-order chi connectivity index (χ0) is 16.9. The molecule has 1 heterocycles. The summed E-state index contributed by atoms with van der Waals surface area (Å²) in [4.78, 5) is 14.6. The molecule has 0 aromatic heterocycles. The van der Waals surface area contributed by atoms with Crippen LogP contribution in [0.4, 0.5) is 0 Å². The van der Waals surface area contributed by atoms with Crippen molar-refractivity contribution in [3.05, 3.63) is 29.3 Å². The zero-order valence-corrected chi connectivity index (χ0v) is 15.0. The van der Waals surface area contributed by atoms with Crippen molar-refractivity contribution in [2.24, 2.45) is 0 Å². The number of ether oxygens (including phenoxy) is 1. The van der Waals surface area contributed by atoms with E-state index in [0.29, 0.717) is 19.1 Å². The summed E-state index contributed by atoms with van der Waals surface area (Å²) in [5.41, 5.74) is 2.38. The molecule has 2 aliphatic rings. The summed E-state index contributed by atoms with van der Waals surface area (Å²) in [6.07, 6.45) is 6.21. The largest absolute Gasteiger partial charge is 0.493 e. The molecule has 0 spiro atoms. The van der Waals surface area contributed by atoms with Gasteiger partial charge in [0.05, 0.1) is 6.61 Å². The summed E-state index contributed by atoms with van der Waals surface area (Å²) in [6.45, 7) is 7.01. The van der Waals surface area contributed by atoms with Crippen LogP contribution >= 0.6 is 0 Å². The third kappa shape index (κ3) is 4.97. The van der Waals surface area contributed by atoms with E-state index in [9.17, 15) is 4.79 Å². The summed E-state index contributed by atoms with van der Waals surface area (Å²) in [6, 6.07) is 7.44. The Balaban J connectivity index is 1.27. The normalized spacial score (nSPS) is 21.0. The van der Waals surface area contributed by atoms with Crippen molar-refractivity contribution in [3.63, 3.8) is 0 Å². The number of nitrogens with one attached hydrogen (secondary N) is 1. The van der Waals surface area contributed by atoms with Crippen molar-refractivity contribution in [2.45, 2.75) is 64.5 Å². The molecule has 24 heavy (non-hydrogen) atoms. The van der Waals surface area contributed by atoms with Gasteiger partial charge >= 0.3 is 0 Å². The Morgan fingerprint density at radius 2 is 2.08 bits per heavy atom. The van der Waals surface area contributed by atoms with Crippen molar-refractivity contribution in [1.82, 2.24) is 10.2 Å². The average molecular weight is 330 g/mol. The molecule has 1 aliphatic heterocycles. The van der Waals surface area contributed by atoms with E-state index in [1.165, 1.54) is 24.0 Å². The zero-order valence-electron chi connectivity index (χ0n) is 15.0. The molecule has 0 radical (unpaired) electrons. The molecule has 1 atom stereocenters. The van der Waals surface area contributed by atoms with Crippen molar-refractivity contribution in [2.75, 3.05) is 19.7 Å². The Hall–Kier alpha value is -1.55. The van der Waals surface area contributed by atoms with Gasteiger partial charge in [0.25, 0.3) is 0 Å². The SMILES string of the molecule is Cc1ccc(C)c(OCCCCC(=O)N[C@@H]2CCN(C3CC3)C2)c1. The summed E-state index contributed by atoms with van der Waals surface area (Å²) in [7, 11) is 0. The summed E-state index contributed by atoms with van der Waals surface area (Å²) < 4.78 is 5.84. The monoisotopic (exact) mass is 330 g/mol. The van der Waals surface area contributed by atoms with E-state index in [-0.39, 0.29) is 5.91 Å². The van der Waals surface area contributed by atoms with Crippen LogP contribution in [0.2, 0.25) is 0 Å². The maximum Gasteiger partial charge on any atom is 0.220 e. The lowest BCUT2D eigenvalue weighted by molar-refractivity contribution is -0.121. The van der Waals surface area contributed by atoms with Gasteiger partial charge in [0, 0.05) is 31.6 Å². The van der Waals surface area contributed by atoms with Crippen LogP contribution < -0.4 is 10.1 Å². The number of benzene rings is 1. The van der Waals surface area contributed by atoms with E-state index in [1.54, 1.807) is 0 Å². The second-order valence-corrected chi connectivity index (χ2v) is 7.35. The van der Waals surface area contributed by atoms with Gasteiger partial charge in [0.2, 0.25) is 5.91 Å². The number of rotatable bonds is 8. The number of hydrogen-bond acceptors (Lipinski definition) is 3. The highest BCUT2D eigenvalue weighted by Crippen LogP contribution is 2.29. The Morgan fingerprint density at radius 1 is 1.25 bits per heavy atom. The number of aryl methyl sites for hydroxylation is 2. The van der Waals surface area contributed by atoms with Crippen molar-refractivity contribution >= 4 is 5.91 Å². The number of unbranched alkanes of at least 4 members (excludes halogenated alkanes) is 1. The lowest BCUT2D eigenvalue weighted by atomic mass is 10.1. The molecule has 0 bridgehead atoms. The lowest BCUT2D eigenvalue weighted by Crippen LogP contribution is -2.37. The van der Waals surface area contributed by atoms with Gasteiger partial charge in [-0.2, -0.15) is 0 Å². The van der Waals surface area contributed by atoms with Crippen molar-refractivity contribution < 1.29 is 9.53 Å². The van der Waals surface area contributed by atoms with E-state index in [0.717, 1.165) is 44.1 Å². The molecule has 4 nitrogen and oxygen atoms in total. The number of carbonyl (C=O) groups is 1. The molecule has 4 heteroatoms. The van der Waals surface area contributed by atoms with Crippen LogP contribution in [-0.2, 0) is 4.79 Å². The number of likely N-dealkylation sites (tertiary alicyclic amines) is 1. The smallest absolute Gasteiger partial charge is 0.220 e. The van der Waals surface area contributed by atoms with Crippen LogP contribution in [0, 0.1) is 13.8 Å². The van der Waals surface area contributed by atoms with Gasteiger partial charge < -0.3 is 10.1 Å². The minimum Gasteiger partial charge on any atom is -0.493 e. The molecule has 3 rings (SSSR count). The fourth-order valence-electron chi connectivity index (χ4n) is 3.41. The first kappa shape index (κ1) is 17.3. The molecule has 1 aliphatic carbocycles. The van der Waals surface area contributed by atoms with Gasteiger partial charge in [0.15, 0.2) is 0 Å². The van der Waals surface area contributed by atoms with Gasteiger partial charge in [-0.25, -0.2) is 0 Å². The lowest BCUT2D eigenvalue weighted by Gasteiger charge is -2.15.